The minimum atomic E-state index is -0.197. The number of anilines is 1. The molecule has 2 aromatic rings. The normalized spacial score (nSPS) is 18.2. The molecule has 4 nitrogen and oxygen atoms in total. The third-order valence-electron chi connectivity index (χ3n) is 3.99. The second-order valence-electron chi connectivity index (χ2n) is 5.71. The Balaban J connectivity index is 1.73. The second-order valence-corrected chi connectivity index (χ2v) is 5.71. The van der Waals surface area contributed by atoms with E-state index in [0.717, 1.165) is 36.8 Å². The summed E-state index contributed by atoms with van der Waals surface area (Å²) >= 11 is 0. The maximum absolute atomic E-state index is 13.7. The van der Waals surface area contributed by atoms with Crippen LogP contribution in [0, 0.1) is 12.7 Å². The Morgan fingerprint density at radius 2 is 2.18 bits per heavy atom. The molecule has 1 aliphatic heterocycles. The van der Waals surface area contributed by atoms with E-state index in [0.29, 0.717) is 18.0 Å². The molecule has 0 amide bonds. The average molecular weight is 300 g/mol. The molecule has 2 heterocycles. The van der Waals surface area contributed by atoms with Gasteiger partial charge in [0.2, 0.25) is 0 Å². The van der Waals surface area contributed by atoms with E-state index in [-0.39, 0.29) is 5.82 Å². The molecule has 116 valence electrons. The van der Waals surface area contributed by atoms with Crippen LogP contribution in [0.3, 0.4) is 0 Å². The number of aryl methyl sites for hydroxylation is 1. The van der Waals surface area contributed by atoms with Crippen molar-refractivity contribution >= 4 is 5.82 Å². The predicted octanol–water partition coefficient (Wildman–Crippen LogP) is 3.00. The van der Waals surface area contributed by atoms with E-state index in [9.17, 15) is 4.39 Å². The fraction of sp³-hybridized carbons (Fsp3) is 0.412. The highest BCUT2D eigenvalue weighted by atomic mass is 19.1. The molecule has 1 aromatic carbocycles. The van der Waals surface area contributed by atoms with Gasteiger partial charge in [-0.25, -0.2) is 14.4 Å². The van der Waals surface area contributed by atoms with Crippen LogP contribution in [-0.4, -0.2) is 23.1 Å². The second kappa shape index (κ2) is 6.83. The predicted molar refractivity (Wildman–Crippen MR) is 85.3 cm³/mol. The highest BCUT2D eigenvalue weighted by Gasteiger charge is 2.17. The molecule has 0 aliphatic carbocycles. The Morgan fingerprint density at radius 3 is 2.95 bits per heavy atom. The number of rotatable bonds is 4. The van der Waals surface area contributed by atoms with Gasteiger partial charge in [0.05, 0.1) is 5.69 Å². The van der Waals surface area contributed by atoms with E-state index in [1.54, 1.807) is 12.1 Å². The number of hydrogen-bond acceptors (Lipinski definition) is 4. The van der Waals surface area contributed by atoms with Gasteiger partial charge in [-0.3, -0.25) is 0 Å². The first kappa shape index (κ1) is 14.9. The van der Waals surface area contributed by atoms with Gasteiger partial charge in [-0.2, -0.15) is 0 Å². The van der Waals surface area contributed by atoms with E-state index in [1.165, 1.54) is 12.5 Å². The fourth-order valence-corrected chi connectivity index (χ4v) is 2.82. The first-order valence-electron chi connectivity index (χ1n) is 7.76. The van der Waals surface area contributed by atoms with Gasteiger partial charge in [0.25, 0.3) is 0 Å². The Labute approximate surface area is 130 Å². The Kier molecular flexibility index (Phi) is 4.63. The zero-order valence-corrected chi connectivity index (χ0v) is 12.8. The van der Waals surface area contributed by atoms with Crippen LogP contribution in [-0.2, 0) is 6.54 Å². The van der Waals surface area contributed by atoms with Crippen molar-refractivity contribution in [3.63, 3.8) is 0 Å². The van der Waals surface area contributed by atoms with E-state index < -0.39 is 0 Å². The molecule has 0 radical (unpaired) electrons. The maximum Gasteiger partial charge on any atom is 0.130 e. The lowest BCUT2D eigenvalue weighted by atomic mass is 9.96. The highest BCUT2D eigenvalue weighted by Crippen LogP contribution is 2.23. The Hall–Kier alpha value is -2.01. The van der Waals surface area contributed by atoms with Crippen LogP contribution in [0.1, 0.15) is 35.8 Å². The van der Waals surface area contributed by atoms with Crippen molar-refractivity contribution in [3.05, 3.63) is 53.2 Å². The molecule has 22 heavy (non-hydrogen) atoms. The fourth-order valence-electron chi connectivity index (χ4n) is 2.82. The number of piperidine rings is 1. The molecule has 0 unspecified atom stereocenters. The van der Waals surface area contributed by atoms with Gasteiger partial charge >= 0.3 is 0 Å². The van der Waals surface area contributed by atoms with Crippen molar-refractivity contribution in [2.45, 2.75) is 32.2 Å². The van der Waals surface area contributed by atoms with Crippen molar-refractivity contribution in [2.75, 3.05) is 18.4 Å². The molecule has 0 saturated carbocycles. The standard InChI is InChI=1S/C17H21FN4/c1-12-21-16(14-6-4-8-19-10-14)9-17(22-12)20-11-13-5-2-3-7-15(13)18/h2-3,5,7,9,14,19H,4,6,8,10-11H2,1H3,(H,20,21,22)/t14-/m0/s1. The summed E-state index contributed by atoms with van der Waals surface area (Å²) in [5.74, 6) is 1.75. The first-order valence-corrected chi connectivity index (χ1v) is 7.76. The molecule has 0 spiro atoms. The lowest BCUT2D eigenvalue weighted by Gasteiger charge is -2.22. The van der Waals surface area contributed by atoms with E-state index in [4.69, 9.17) is 0 Å². The number of hydrogen-bond donors (Lipinski definition) is 2. The topological polar surface area (TPSA) is 49.8 Å². The van der Waals surface area contributed by atoms with Crippen LogP contribution in [0.4, 0.5) is 10.2 Å². The van der Waals surface area contributed by atoms with Gasteiger partial charge in [0, 0.05) is 30.6 Å². The maximum atomic E-state index is 13.7. The Morgan fingerprint density at radius 1 is 1.32 bits per heavy atom. The number of benzene rings is 1. The summed E-state index contributed by atoms with van der Waals surface area (Å²) in [5, 5.41) is 6.62. The first-order chi connectivity index (χ1) is 10.7. The Bertz CT molecular complexity index is 638. The molecule has 1 saturated heterocycles. The molecule has 1 aromatic heterocycles. The van der Waals surface area contributed by atoms with Crippen molar-refractivity contribution in [1.29, 1.82) is 0 Å². The molecular weight excluding hydrogens is 279 g/mol. The highest BCUT2D eigenvalue weighted by molar-refractivity contribution is 5.38. The summed E-state index contributed by atoms with van der Waals surface area (Å²) in [4.78, 5) is 8.97. The van der Waals surface area contributed by atoms with Crippen LogP contribution in [0.25, 0.3) is 0 Å². The van der Waals surface area contributed by atoms with Crippen LogP contribution < -0.4 is 10.6 Å². The van der Waals surface area contributed by atoms with Crippen molar-refractivity contribution in [2.24, 2.45) is 0 Å². The summed E-state index contributed by atoms with van der Waals surface area (Å²) < 4.78 is 13.7. The van der Waals surface area contributed by atoms with Gasteiger partial charge < -0.3 is 10.6 Å². The molecule has 2 N–H and O–H groups in total. The van der Waals surface area contributed by atoms with E-state index >= 15 is 0 Å². The van der Waals surface area contributed by atoms with Crippen LogP contribution in [0.5, 0.6) is 0 Å². The van der Waals surface area contributed by atoms with E-state index in [1.807, 2.05) is 19.1 Å². The summed E-state index contributed by atoms with van der Waals surface area (Å²) in [5.41, 5.74) is 1.70. The van der Waals surface area contributed by atoms with Gasteiger partial charge in [-0.1, -0.05) is 18.2 Å². The molecule has 1 fully saturated rings. The van der Waals surface area contributed by atoms with Crippen LogP contribution in [0.2, 0.25) is 0 Å². The number of nitrogens with zero attached hydrogens (tertiary/aromatic N) is 2. The monoisotopic (exact) mass is 300 g/mol. The molecule has 0 bridgehead atoms. The molecular formula is C17H21FN4. The molecule has 5 heteroatoms. The summed E-state index contributed by atoms with van der Waals surface area (Å²) in [7, 11) is 0. The third-order valence-corrected chi connectivity index (χ3v) is 3.99. The zero-order chi connectivity index (χ0) is 15.4. The van der Waals surface area contributed by atoms with Crippen molar-refractivity contribution in [3.8, 4) is 0 Å². The largest absolute Gasteiger partial charge is 0.366 e. The SMILES string of the molecule is Cc1nc(NCc2ccccc2F)cc([C@H]2CCCNC2)n1. The smallest absolute Gasteiger partial charge is 0.130 e. The quantitative estimate of drug-likeness (QED) is 0.911. The number of aromatic nitrogens is 2. The molecule has 1 atom stereocenters. The average Bonchev–Trinajstić information content (AvgIpc) is 2.54. The summed E-state index contributed by atoms with van der Waals surface area (Å²) in [6.45, 7) is 4.36. The van der Waals surface area contributed by atoms with Crippen molar-refractivity contribution in [1.82, 2.24) is 15.3 Å². The van der Waals surface area contributed by atoms with Crippen molar-refractivity contribution < 1.29 is 4.39 Å². The van der Waals surface area contributed by atoms with Gasteiger partial charge in [-0.15, -0.1) is 0 Å². The van der Waals surface area contributed by atoms with Gasteiger partial charge in [0.1, 0.15) is 17.5 Å². The minimum Gasteiger partial charge on any atom is -0.366 e. The van der Waals surface area contributed by atoms with Gasteiger partial charge in [0.15, 0.2) is 0 Å². The summed E-state index contributed by atoms with van der Waals surface area (Å²) in [6.07, 6.45) is 2.32. The molecule has 1 aliphatic rings. The summed E-state index contributed by atoms with van der Waals surface area (Å²) in [6, 6.07) is 8.78. The van der Waals surface area contributed by atoms with Gasteiger partial charge in [-0.05, 0) is 32.4 Å². The third kappa shape index (κ3) is 3.60. The zero-order valence-electron chi connectivity index (χ0n) is 12.8. The van der Waals surface area contributed by atoms with E-state index in [2.05, 4.69) is 20.6 Å². The van der Waals surface area contributed by atoms with Crippen LogP contribution >= 0.6 is 0 Å². The minimum absolute atomic E-state index is 0.197. The number of nitrogens with one attached hydrogen (secondary N) is 2. The van der Waals surface area contributed by atoms with Crippen LogP contribution in [0.15, 0.2) is 30.3 Å². The lowest BCUT2D eigenvalue weighted by molar-refractivity contribution is 0.453. The molecule has 3 rings (SSSR count). The number of halogens is 1. The lowest BCUT2D eigenvalue weighted by Crippen LogP contribution is -2.29.